The summed E-state index contributed by atoms with van der Waals surface area (Å²) in [5.74, 6) is 0. The molecule has 3 rings (SSSR count). The Labute approximate surface area is 84.1 Å². The molecule has 0 fully saturated rings. The van der Waals surface area contributed by atoms with E-state index in [-0.39, 0.29) is 0 Å². The zero-order valence-electron chi connectivity index (χ0n) is 7.05. The van der Waals surface area contributed by atoms with Crippen molar-refractivity contribution < 1.29 is 0 Å². The van der Waals surface area contributed by atoms with E-state index in [2.05, 4.69) is 15.5 Å². The number of hydrogen-bond donors (Lipinski definition) is 0. The van der Waals surface area contributed by atoms with Gasteiger partial charge in [-0.05, 0) is 34.7 Å². The standard InChI is InChI=1S/C9H5ClN4/c10-7-3-1-6-2-4-9-11-12-13-14(9)8(6)5-7/h1-5H. The van der Waals surface area contributed by atoms with E-state index in [0.29, 0.717) is 5.02 Å². The fourth-order valence-electron chi connectivity index (χ4n) is 1.48. The third-order valence-corrected chi connectivity index (χ3v) is 2.36. The van der Waals surface area contributed by atoms with Crippen molar-refractivity contribution in [1.29, 1.82) is 0 Å². The van der Waals surface area contributed by atoms with Crippen molar-refractivity contribution in [3.8, 4) is 0 Å². The number of pyridine rings is 1. The maximum atomic E-state index is 5.90. The predicted molar refractivity (Wildman–Crippen MR) is 53.3 cm³/mol. The minimum absolute atomic E-state index is 0.681. The normalized spacial score (nSPS) is 11.2. The number of halogens is 1. The van der Waals surface area contributed by atoms with Crippen molar-refractivity contribution in [2.24, 2.45) is 0 Å². The Morgan fingerprint density at radius 3 is 2.93 bits per heavy atom. The lowest BCUT2D eigenvalue weighted by molar-refractivity contribution is 0.842. The molecular weight excluding hydrogens is 200 g/mol. The van der Waals surface area contributed by atoms with Crippen LogP contribution >= 0.6 is 11.6 Å². The molecule has 0 saturated heterocycles. The fraction of sp³-hybridized carbons (Fsp3) is 0. The Kier molecular flexibility index (Phi) is 1.46. The minimum Gasteiger partial charge on any atom is -0.193 e. The van der Waals surface area contributed by atoms with Crippen LogP contribution in [0.4, 0.5) is 0 Å². The molecule has 0 saturated carbocycles. The molecule has 0 unspecified atom stereocenters. The van der Waals surface area contributed by atoms with Crippen molar-refractivity contribution >= 4 is 28.2 Å². The molecular formula is C9H5ClN4. The maximum absolute atomic E-state index is 5.90. The molecule has 5 heteroatoms. The van der Waals surface area contributed by atoms with Crippen LogP contribution in [0.15, 0.2) is 30.3 Å². The lowest BCUT2D eigenvalue weighted by Gasteiger charge is -1.99. The monoisotopic (exact) mass is 204 g/mol. The zero-order valence-corrected chi connectivity index (χ0v) is 7.81. The first-order valence-corrected chi connectivity index (χ1v) is 4.49. The molecule has 4 nitrogen and oxygen atoms in total. The lowest BCUT2D eigenvalue weighted by Crippen LogP contribution is -1.89. The molecule has 2 heterocycles. The first-order chi connectivity index (χ1) is 6.84. The molecule has 0 bridgehead atoms. The Bertz CT molecular complexity index is 616. The molecule has 14 heavy (non-hydrogen) atoms. The summed E-state index contributed by atoms with van der Waals surface area (Å²) < 4.78 is 1.67. The first kappa shape index (κ1) is 7.70. The van der Waals surface area contributed by atoms with E-state index in [0.717, 1.165) is 16.6 Å². The SMILES string of the molecule is Clc1ccc2ccc3nnnn3c2c1. The molecule has 0 radical (unpaired) electrons. The summed E-state index contributed by atoms with van der Waals surface area (Å²) in [5.41, 5.74) is 1.64. The van der Waals surface area contributed by atoms with E-state index in [1.807, 2.05) is 30.3 Å². The number of aromatic nitrogens is 4. The number of rotatable bonds is 0. The summed E-state index contributed by atoms with van der Waals surface area (Å²) in [5, 5.41) is 13.1. The molecule has 0 N–H and O–H groups in total. The van der Waals surface area contributed by atoms with Crippen LogP contribution in [0.25, 0.3) is 16.6 Å². The minimum atomic E-state index is 0.681. The third kappa shape index (κ3) is 0.975. The molecule has 0 atom stereocenters. The van der Waals surface area contributed by atoms with Crippen molar-refractivity contribution in [3.05, 3.63) is 35.4 Å². The summed E-state index contributed by atoms with van der Waals surface area (Å²) in [6.45, 7) is 0. The Morgan fingerprint density at radius 2 is 2.00 bits per heavy atom. The summed E-state index contributed by atoms with van der Waals surface area (Å²) >= 11 is 5.90. The van der Waals surface area contributed by atoms with E-state index >= 15 is 0 Å². The zero-order chi connectivity index (χ0) is 9.54. The number of benzene rings is 1. The van der Waals surface area contributed by atoms with Crippen LogP contribution in [0, 0.1) is 0 Å². The predicted octanol–water partition coefficient (Wildman–Crippen LogP) is 1.93. The highest BCUT2D eigenvalue weighted by molar-refractivity contribution is 6.31. The van der Waals surface area contributed by atoms with Crippen molar-refractivity contribution in [2.45, 2.75) is 0 Å². The lowest BCUT2D eigenvalue weighted by atomic mass is 10.2. The highest BCUT2D eigenvalue weighted by Gasteiger charge is 2.02. The van der Waals surface area contributed by atoms with Crippen LogP contribution in [0.3, 0.4) is 0 Å². The second kappa shape index (κ2) is 2.65. The van der Waals surface area contributed by atoms with Gasteiger partial charge in [-0.25, -0.2) is 0 Å². The topological polar surface area (TPSA) is 43.1 Å². The molecule has 1 aromatic carbocycles. The highest BCUT2D eigenvalue weighted by atomic mass is 35.5. The second-order valence-corrected chi connectivity index (χ2v) is 3.42. The van der Waals surface area contributed by atoms with Gasteiger partial charge < -0.3 is 0 Å². The number of fused-ring (bicyclic) bond motifs is 3. The Balaban J connectivity index is 2.60. The van der Waals surface area contributed by atoms with Crippen LogP contribution in [0.5, 0.6) is 0 Å². The van der Waals surface area contributed by atoms with Gasteiger partial charge >= 0.3 is 0 Å². The molecule has 0 amide bonds. The summed E-state index contributed by atoms with van der Waals surface area (Å²) in [6, 6.07) is 9.48. The van der Waals surface area contributed by atoms with Gasteiger partial charge in [-0.3, -0.25) is 0 Å². The van der Waals surface area contributed by atoms with Gasteiger partial charge in [0.05, 0.1) is 5.52 Å². The van der Waals surface area contributed by atoms with Gasteiger partial charge in [-0.1, -0.05) is 17.7 Å². The molecule has 0 spiro atoms. The van der Waals surface area contributed by atoms with Crippen molar-refractivity contribution in [3.63, 3.8) is 0 Å². The van der Waals surface area contributed by atoms with Gasteiger partial charge in [0.2, 0.25) is 0 Å². The fourth-order valence-corrected chi connectivity index (χ4v) is 1.64. The van der Waals surface area contributed by atoms with E-state index in [1.165, 1.54) is 0 Å². The molecule has 0 aliphatic carbocycles. The van der Waals surface area contributed by atoms with E-state index in [1.54, 1.807) is 4.52 Å². The molecule has 3 aromatic rings. The van der Waals surface area contributed by atoms with E-state index in [4.69, 9.17) is 11.6 Å². The molecule has 0 aliphatic heterocycles. The van der Waals surface area contributed by atoms with Crippen LogP contribution in [0.1, 0.15) is 0 Å². The molecule has 68 valence electrons. The summed E-state index contributed by atoms with van der Waals surface area (Å²) in [7, 11) is 0. The van der Waals surface area contributed by atoms with Gasteiger partial charge in [-0.2, -0.15) is 4.52 Å². The van der Waals surface area contributed by atoms with Crippen LogP contribution in [-0.4, -0.2) is 20.0 Å². The number of hydrogen-bond acceptors (Lipinski definition) is 3. The third-order valence-electron chi connectivity index (χ3n) is 2.13. The van der Waals surface area contributed by atoms with E-state index in [9.17, 15) is 0 Å². The average molecular weight is 205 g/mol. The van der Waals surface area contributed by atoms with Crippen LogP contribution in [-0.2, 0) is 0 Å². The van der Waals surface area contributed by atoms with Gasteiger partial charge in [0, 0.05) is 10.4 Å². The largest absolute Gasteiger partial charge is 0.193 e. The van der Waals surface area contributed by atoms with Crippen molar-refractivity contribution in [2.75, 3.05) is 0 Å². The summed E-state index contributed by atoms with van der Waals surface area (Å²) in [6.07, 6.45) is 0. The van der Waals surface area contributed by atoms with Gasteiger partial charge in [-0.15, -0.1) is 5.10 Å². The van der Waals surface area contributed by atoms with Crippen LogP contribution < -0.4 is 0 Å². The smallest absolute Gasteiger partial charge is 0.179 e. The Morgan fingerprint density at radius 1 is 1.14 bits per heavy atom. The van der Waals surface area contributed by atoms with Crippen molar-refractivity contribution in [1.82, 2.24) is 20.0 Å². The first-order valence-electron chi connectivity index (χ1n) is 4.11. The average Bonchev–Trinajstić information content (AvgIpc) is 2.65. The number of tetrazole rings is 1. The molecule has 2 aromatic heterocycles. The summed E-state index contributed by atoms with van der Waals surface area (Å²) in [4.78, 5) is 0. The second-order valence-electron chi connectivity index (χ2n) is 2.99. The van der Waals surface area contributed by atoms with E-state index < -0.39 is 0 Å². The van der Waals surface area contributed by atoms with Gasteiger partial charge in [0.1, 0.15) is 0 Å². The van der Waals surface area contributed by atoms with Gasteiger partial charge in [0.15, 0.2) is 5.65 Å². The maximum Gasteiger partial charge on any atom is 0.179 e. The Hall–Kier alpha value is -1.68. The van der Waals surface area contributed by atoms with Gasteiger partial charge in [0.25, 0.3) is 0 Å². The molecule has 0 aliphatic rings. The van der Waals surface area contributed by atoms with Crippen LogP contribution in [0.2, 0.25) is 5.02 Å². The quantitative estimate of drug-likeness (QED) is 0.562. The number of nitrogens with zero attached hydrogens (tertiary/aromatic N) is 4. The highest BCUT2D eigenvalue weighted by Crippen LogP contribution is 2.19.